The zero-order valence-corrected chi connectivity index (χ0v) is 14.1. The minimum Gasteiger partial charge on any atom is -0.421 e. The molecule has 4 aromatic rings. The van der Waals surface area contributed by atoms with E-state index < -0.39 is 0 Å². The molecule has 4 heterocycles. The quantitative estimate of drug-likeness (QED) is 0.572. The van der Waals surface area contributed by atoms with Crippen LogP contribution in [-0.2, 0) is 17.8 Å². The maximum atomic E-state index is 11.9. The zero-order valence-electron chi connectivity index (χ0n) is 12.5. The van der Waals surface area contributed by atoms with E-state index in [0.29, 0.717) is 31.2 Å². The Morgan fingerprint density at radius 1 is 1.33 bits per heavy atom. The van der Waals surface area contributed by atoms with Gasteiger partial charge in [0, 0.05) is 41.6 Å². The van der Waals surface area contributed by atoms with Crippen LogP contribution in [0.15, 0.2) is 39.0 Å². The molecule has 7 nitrogen and oxygen atoms in total. The monoisotopic (exact) mass is 359 g/mol. The molecule has 0 bridgehead atoms. The summed E-state index contributed by atoms with van der Waals surface area (Å²) in [5.74, 6) is 0.889. The van der Waals surface area contributed by atoms with Gasteiger partial charge in [-0.1, -0.05) is 0 Å². The second-order valence-corrected chi connectivity index (χ2v) is 6.77. The van der Waals surface area contributed by atoms with E-state index in [2.05, 4.69) is 20.5 Å². The molecule has 1 amide bonds. The molecule has 9 heteroatoms. The molecular weight excluding hydrogens is 346 g/mol. The van der Waals surface area contributed by atoms with Gasteiger partial charge in [-0.2, -0.15) is 11.3 Å². The van der Waals surface area contributed by atoms with Crippen LogP contribution in [0.2, 0.25) is 0 Å². The number of rotatable bonds is 6. The van der Waals surface area contributed by atoms with Gasteiger partial charge in [-0.25, -0.2) is 4.98 Å². The van der Waals surface area contributed by atoms with E-state index in [1.54, 1.807) is 22.7 Å². The van der Waals surface area contributed by atoms with Gasteiger partial charge < -0.3 is 9.73 Å². The highest BCUT2D eigenvalue weighted by atomic mass is 32.1. The lowest BCUT2D eigenvalue weighted by Crippen LogP contribution is -2.23. The molecule has 24 heavy (non-hydrogen) atoms. The first-order valence-corrected chi connectivity index (χ1v) is 9.13. The van der Waals surface area contributed by atoms with E-state index in [1.165, 1.54) is 0 Å². The van der Waals surface area contributed by atoms with Crippen molar-refractivity contribution in [2.24, 2.45) is 0 Å². The van der Waals surface area contributed by atoms with Crippen molar-refractivity contribution in [3.8, 4) is 11.5 Å². The first-order valence-electron chi connectivity index (χ1n) is 7.30. The molecule has 4 rings (SSSR count). The Morgan fingerprint density at radius 3 is 3.12 bits per heavy atom. The lowest BCUT2D eigenvalue weighted by atomic mass is 10.3. The van der Waals surface area contributed by atoms with Crippen molar-refractivity contribution in [2.75, 3.05) is 0 Å². The van der Waals surface area contributed by atoms with Crippen LogP contribution in [0.1, 0.15) is 18.0 Å². The van der Waals surface area contributed by atoms with Gasteiger partial charge in [-0.3, -0.25) is 9.20 Å². The van der Waals surface area contributed by atoms with Gasteiger partial charge in [0.1, 0.15) is 0 Å². The van der Waals surface area contributed by atoms with Crippen molar-refractivity contribution in [2.45, 2.75) is 19.4 Å². The Labute approximate surface area is 145 Å². The van der Waals surface area contributed by atoms with Gasteiger partial charge in [0.2, 0.25) is 17.7 Å². The molecule has 0 spiro atoms. The van der Waals surface area contributed by atoms with Gasteiger partial charge >= 0.3 is 0 Å². The Balaban J connectivity index is 1.28. The zero-order chi connectivity index (χ0) is 16.4. The first kappa shape index (κ1) is 15.0. The molecule has 0 aromatic carbocycles. The number of imidazole rings is 1. The lowest BCUT2D eigenvalue weighted by Gasteiger charge is -2.01. The Bertz CT molecular complexity index is 925. The highest BCUT2D eigenvalue weighted by molar-refractivity contribution is 7.15. The molecule has 0 atom stereocenters. The summed E-state index contributed by atoms with van der Waals surface area (Å²) in [5, 5.41) is 16.7. The van der Waals surface area contributed by atoms with E-state index in [0.717, 1.165) is 16.2 Å². The third-order valence-corrected chi connectivity index (χ3v) is 4.86. The minimum absolute atomic E-state index is 0.0679. The lowest BCUT2D eigenvalue weighted by molar-refractivity contribution is -0.121. The molecule has 0 saturated heterocycles. The van der Waals surface area contributed by atoms with Crippen molar-refractivity contribution in [1.29, 1.82) is 0 Å². The number of fused-ring (bicyclic) bond motifs is 1. The number of nitrogens with zero attached hydrogens (tertiary/aromatic N) is 4. The molecule has 0 aliphatic carbocycles. The fourth-order valence-electron chi connectivity index (χ4n) is 2.22. The Morgan fingerprint density at radius 2 is 2.29 bits per heavy atom. The summed E-state index contributed by atoms with van der Waals surface area (Å²) in [7, 11) is 0. The van der Waals surface area contributed by atoms with Crippen LogP contribution in [0.25, 0.3) is 16.4 Å². The summed E-state index contributed by atoms with van der Waals surface area (Å²) >= 11 is 3.13. The standard InChI is InChI=1S/C15H13N5O2S2/c21-12(16-7-11-8-20-4-6-24-15(20)17-11)1-2-13-18-19-14(22-13)10-3-5-23-9-10/h3-6,8-9H,1-2,7H2,(H,16,21). The smallest absolute Gasteiger partial charge is 0.248 e. The number of carbonyl (C=O) groups excluding carboxylic acids is 1. The molecule has 0 unspecified atom stereocenters. The summed E-state index contributed by atoms with van der Waals surface area (Å²) in [5.41, 5.74) is 1.75. The highest BCUT2D eigenvalue weighted by Crippen LogP contribution is 2.20. The second-order valence-electron chi connectivity index (χ2n) is 5.11. The SMILES string of the molecule is O=C(CCc1nnc(-c2ccsc2)o1)NCc1cn2ccsc2n1. The van der Waals surface area contributed by atoms with E-state index in [4.69, 9.17) is 4.42 Å². The topological polar surface area (TPSA) is 85.3 Å². The number of thiophene rings is 1. The maximum absolute atomic E-state index is 11.9. The normalized spacial score (nSPS) is 11.2. The van der Waals surface area contributed by atoms with Crippen LogP contribution in [0.4, 0.5) is 0 Å². The van der Waals surface area contributed by atoms with Crippen LogP contribution >= 0.6 is 22.7 Å². The Hall–Kier alpha value is -2.52. The molecule has 122 valence electrons. The van der Waals surface area contributed by atoms with Gasteiger partial charge in [0.05, 0.1) is 12.2 Å². The Kier molecular flexibility index (Phi) is 4.09. The van der Waals surface area contributed by atoms with E-state index in [-0.39, 0.29) is 5.91 Å². The van der Waals surface area contributed by atoms with Crippen molar-refractivity contribution in [3.05, 3.63) is 46.2 Å². The van der Waals surface area contributed by atoms with Crippen LogP contribution in [0, 0.1) is 0 Å². The molecule has 0 radical (unpaired) electrons. The molecule has 1 N–H and O–H groups in total. The van der Waals surface area contributed by atoms with E-state index in [1.807, 2.05) is 39.0 Å². The number of amides is 1. The predicted octanol–water partition coefficient (Wildman–Crippen LogP) is 2.76. The number of carbonyl (C=O) groups is 1. The molecular formula is C15H13N5O2S2. The van der Waals surface area contributed by atoms with Gasteiger partial charge in [0.25, 0.3) is 0 Å². The van der Waals surface area contributed by atoms with Crippen LogP contribution < -0.4 is 5.32 Å². The maximum Gasteiger partial charge on any atom is 0.248 e. The fourth-order valence-corrected chi connectivity index (χ4v) is 3.57. The molecule has 0 aliphatic rings. The van der Waals surface area contributed by atoms with E-state index >= 15 is 0 Å². The van der Waals surface area contributed by atoms with Crippen molar-refractivity contribution >= 4 is 33.5 Å². The second kappa shape index (κ2) is 6.54. The molecule has 4 aromatic heterocycles. The number of hydrogen-bond donors (Lipinski definition) is 1. The first-order chi connectivity index (χ1) is 11.8. The largest absolute Gasteiger partial charge is 0.421 e. The molecule has 0 saturated carbocycles. The van der Waals surface area contributed by atoms with Gasteiger partial charge in [-0.05, 0) is 11.4 Å². The number of thiazole rings is 1. The van der Waals surface area contributed by atoms with Crippen molar-refractivity contribution < 1.29 is 9.21 Å². The summed E-state index contributed by atoms with van der Waals surface area (Å²) < 4.78 is 7.50. The highest BCUT2D eigenvalue weighted by Gasteiger charge is 2.11. The average molecular weight is 359 g/mol. The number of aryl methyl sites for hydroxylation is 1. The fraction of sp³-hybridized carbons (Fsp3) is 0.200. The van der Waals surface area contributed by atoms with Crippen LogP contribution in [-0.4, -0.2) is 25.5 Å². The summed E-state index contributed by atoms with van der Waals surface area (Å²) in [4.78, 5) is 17.3. The number of hydrogen-bond acceptors (Lipinski definition) is 7. The summed E-state index contributed by atoms with van der Waals surface area (Å²) in [6, 6.07) is 1.92. The molecule has 0 aliphatic heterocycles. The van der Waals surface area contributed by atoms with Crippen molar-refractivity contribution in [1.82, 2.24) is 24.9 Å². The average Bonchev–Trinajstić information content (AvgIpc) is 3.34. The minimum atomic E-state index is -0.0679. The number of nitrogens with one attached hydrogen (secondary N) is 1. The van der Waals surface area contributed by atoms with E-state index in [9.17, 15) is 4.79 Å². The van der Waals surface area contributed by atoms with Crippen molar-refractivity contribution in [3.63, 3.8) is 0 Å². The van der Waals surface area contributed by atoms with Gasteiger partial charge in [-0.15, -0.1) is 21.5 Å². The van der Waals surface area contributed by atoms with Crippen LogP contribution in [0.3, 0.4) is 0 Å². The van der Waals surface area contributed by atoms with Crippen LogP contribution in [0.5, 0.6) is 0 Å². The number of aromatic nitrogens is 4. The van der Waals surface area contributed by atoms with Gasteiger partial charge in [0.15, 0.2) is 4.96 Å². The third-order valence-electron chi connectivity index (χ3n) is 3.41. The summed E-state index contributed by atoms with van der Waals surface area (Å²) in [6.07, 6.45) is 4.57. The third kappa shape index (κ3) is 3.22. The molecule has 0 fully saturated rings. The predicted molar refractivity (Wildman–Crippen MR) is 90.8 cm³/mol. The summed E-state index contributed by atoms with van der Waals surface area (Å²) in [6.45, 7) is 0.414.